The van der Waals surface area contributed by atoms with E-state index in [2.05, 4.69) is 28.4 Å². The molecule has 25 heavy (non-hydrogen) atoms. The van der Waals surface area contributed by atoms with Gasteiger partial charge in [0.2, 0.25) is 0 Å². The lowest BCUT2D eigenvalue weighted by Gasteiger charge is -2.06. The fourth-order valence-electron chi connectivity index (χ4n) is 3.49. The Labute approximate surface area is 147 Å². The molecule has 1 aliphatic carbocycles. The van der Waals surface area contributed by atoms with Crippen molar-refractivity contribution in [3.05, 3.63) is 54.1 Å². The lowest BCUT2D eigenvalue weighted by Crippen LogP contribution is -1.90. The summed E-state index contributed by atoms with van der Waals surface area (Å²) in [6, 6.07) is 16.1. The molecule has 6 heteroatoms. The van der Waals surface area contributed by atoms with Crippen LogP contribution in [0.1, 0.15) is 5.56 Å². The van der Waals surface area contributed by atoms with Crippen molar-refractivity contribution in [2.24, 2.45) is 0 Å². The van der Waals surface area contributed by atoms with E-state index < -0.39 is 0 Å². The quantitative estimate of drug-likeness (QED) is 0.276. The molecule has 5 nitrogen and oxygen atoms in total. The molecule has 1 aromatic heterocycles. The number of rotatable bonds is 3. The van der Waals surface area contributed by atoms with Crippen molar-refractivity contribution in [1.82, 2.24) is 9.97 Å². The second kappa shape index (κ2) is 5.50. The Morgan fingerprint density at radius 3 is 2.28 bits per heavy atom. The fourth-order valence-corrected chi connectivity index (χ4v) is 3.94. The summed E-state index contributed by atoms with van der Waals surface area (Å²) < 4.78 is 4.61. The van der Waals surface area contributed by atoms with Crippen LogP contribution in [0, 0.1) is 6.92 Å². The van der Waals surface area contributed by atoms with Crippen LogP contribution in [0.15, 0.2) is 53.4 Å². The molecule has 0 saturated heterocycles. The summed E-state index contributed by atoms with van der Waals surface area (Å²) >= 11 is 0.952. The number of aryl methyl sites for hydroxylation is 1. The van der Waals surface area contributed by atoms with Gasteiger partial charge in [0, 0.05) is 21.4 Å². The first-order chi connectivity index (χ1) is 12.2. The van der Waals surface area contributed by atoms with Gasteiger partial charge in [-0.2, -0.15) is 0 Å². The number of para-hydroxylation sites is 2. The van der Waals surface area contributed by atoms with Gasteiger partial charge in [-0.15, -0.1) is 4.33 Å². The third-order valence-corrected chi connectivity index (χ3v) is 4.97. The minimum Gasteiger partial charge on any atom is -0.244 e. The average Bonchev–Trinajstić information content (AvgIpc) is 2.92. The molecule has 0 atom stereocenters. The molecular weight excluding hydrogens is 336 g/mol. The summed E-state index contributed by atoms with van der Waals surface area (Å²) in [6.07, 6.45) is 0. The van der Waals surface area contributed by atoms with Crippen molar-refractivity contribution in [3.8, 4) is 22.5 Å². The van der Waals surface area contributed by atoms with Crippen LogP contribution in [0.4, 0.5) is 0 Å². The van der Waals surface area contributed by atoms with Crippen LogP contribution in [0.25, 0.3) is 44.3 Å². The van der Waals surface area contributed by atoms with Crippen molar-refractivity contribution in [3.63, 3.8) is 0 Å². The summed E-state index contributed by atoms with van der Waals surface area (Å²) in [7, 11) is 0. The summed E-state index contributed by atoms with van der Waals surface area (Å²) in [4.78, 5) is 10.5. The van der Waals surface area contributed by atoms with E-state index in [1.54, 1.807) is 0 Å². The van der Waals surface area contributed by atoms with Crippen LogP contribution in [-0.4, -0.2) is 15.2 Å². The smallest absolute Gasteiger partial charge is 0.0980 e. The van der Waals surface area contributed by atoms with E-state index in [4.69, 9.17) is 15.2 Å². The number of nitrogens with zero attached hydrogens (tertiary/aromatic N) is 2. The first-order valence-corrected chi connectivity index (χ1v) is 8.49. The van der Waals surface area contributed by atoms with E-state index in [1.807, 2.05) is 36.4 Å². The van der Waals surface area contributed by atoms with Gasteiger partial charge in [-0.25, -0.2) is 15.2 Å². The van der Waals surface area contributed by atoms with Gasteiger partial charge in [0.1, 0.15) is 0 Å². The van der Waals surface area contributed by atoms with Gasteiger partial charge in [0.25, 0.3) is 0 Å². The van der Waals surface area contributed by atoms with E-state index in [0.29, 0.717) is 0 Å². The SMILES string of the molecule is Cc1cc2c3c(cc(SOOO)cc3c1)-c1nc3ccccc3nc1-2. The van der Waals surface area contributed by atoms with Crippen LogP contribution < -0.4 is 0 Å². The normalized spacial score (nSPS) is 12.1. The maximum atomic E-state index is 8.43. The second-order valence-corrected chi connectivity index (χ2v) is 6.79. The predicted molar refractivity (Wildman–Crippen MR) is 96.9 cm³/mol. The molecule has 0 bridgehead atoms. The van der Waals surface area contributed by atoms with Crippen LogP contribution in [0.2, 0.25) is 0 Å². The topological polar surface area (TPSA) is 64.5 Å². The Morgan fingerprint density at radius 2 is 1.60 bits per heavy atom. The predicted octanol–water partition coefficient (Wildman–Crippen LogP) is 5.17. The number of hydrogen-bond acceptors (Lipinski definition) is 6. The first kappa shape index (κ1) is 14.8. The van der Waals surface area contributed by atoms with E-state index in [1.165, 1.54) is 0 Å². The minimum absolute atomic E-state index is 0.816. The fraction of sp³-hybridized carbons (Fsp3) is 0.0526. The molecule has 1 N–H and O–H groups in total. The van der Waals surface area contributed by atoms with Crippen molar-refractivity contribution in [2.45, 2.75) is 11.8 Å². The second-order valence-electron chi connectivity index (χ2n) is 6.02. The number of fused-ring (bicyclic) bond motifs is 4. The Bertz CT molecular complexity index is 1160. The molecule has 122 valence electrons. The maximum Gasteiger partial charge on any atom is 0.0980 e. The molecule has 0 unspecified atom stereocenters. The Balaban J connectivity index is 1.85. The van der Waals surface area contributed by atoms with Crippen LogP contribution in [0.3, 0.4) is 0 Å². The molecule has 4 aromatic rings. The highest BCUT2D eigenvalue weighted by Crippen LogP contribution is 2.47. The summed E-state index contributed by atoms with van der Waals surface area (Å²) in [5, 5.41) is 14.4. The third kappa shape index (κ3) is 2.23. The average molecular weight is 348 g/mol. The first-order valence-electron chi connectivity index (χ1n) is 7.75. The van der Waals surface area contributed by atoms with Gasteiger partial charge in [-0.05, 0) is 48.2 Å². The third-order valence-electron chi connectivity index (χ3n) is 4.41. The monoisotopic (exact) mass is 348 g/mol. The Kier molecular flexibility index (Phi) is 3.26. The van der Waals surface area contributed by atoms with Crippen molar-refractivity contribution < 1.29 is 14.6 Å². The summed E-state index contributed by atoms with van der Waals surface area (Å²) in [5.74, 6) is 0. The maximum absolute atomic E-state index is 8.43. The summed E-state index contributed by atoms with van der Waals surface area (Å²) in [5.41, 5.74) is 6.81. The van der Waals surface area contributed by atoms with Crippen LogP contribution >= 0.6 is 12.0 Å². The van der Waals surface area contributed by atoms with Gasteiger partial charge in [0.05, 0.1) is 34.5 Å². The summed E-state index contributed by atoms with van der Waals surface area (Å²) in [6.45, 7) is 2.06. The molecule has 0 aliphatic heterocycles. The molecule has 5 rings (SSSR count). The van der Waals surface area contributed by atoms with Crippen molar-refractivity contribution in [1.29, 1.82) is 0 Å². The number of aromatic nitrogens is 2. The van der Waals surface area contributed by atoms with Crippen molar-refractivity contribution >= 4 is 33.8 Å². The lowest BCUT2D eigenvalue weighted by atomic mass is 10.0. The molecule has 1 aliphatic rings. The van der Waals surface area contributed by atoms with Crippen molar-refractivity contribution in [2.75, 3.05) is 0 Å². The molecule has 0 amide bonds. The molecule has 1 heterocycles. The highest BCUT2D eigenvalue weighted by atomic mass is 32.2. The van der Waals surface area contributed by atoms with E-state index >= 15 is 0 Å². The minimum atomic E-state index is 0.816. The van der Waals surface area contributed by atoms with Gasteiger partial charge >= 0.3 is 0 Å². The number of benzene rings is 3. The Hall–Kier alpha value is -2.51. The molecule has 0 fully saturated rings. The van der Waals surface area contributed by atoms with E-state index in [-0.39, 0.29) is 0 Å². The molecule has 0 saturated carbocycles. The molecular formula is C19H12N2O3S. The molecule has 3 aromatic carbocycles. The van der Waals surface area contributed by atoms with Gasteiger partial charge < -0.3 is 0 Å². The van der Waals surface area contributed by atoms with Gasteiger partial charge in [-0.1, -0.05) is 23.2 Å². The lowest BCUT2D eigenvalue weighted by molar-refractivity contribution is -0.432. The Morgan fingerprint density at radius 1 is 0.920 bits per heavy atom. The standard InChI is InChI=1S/C19H12N2O3S/c1-10-6-11-8-12(25-24-23-22)9-14-17(11)13(7-10)18-19(14)21-16-5-3-2-4-15(16)20-18/h2-9,22H,1H3. The zero-order valence-corrected chi connectivity index (χ0v) is 14.0. The number of hydrogen-bond donors (Lipinski definition) is 1. The highest BCUT2D eigenvalue weighted by Gasteiger charge is 2.26. The highest BCUT2D eigenvalue weighted by molar-refractivity contribution is 7.94. The van der Waals surface area contributed by atoms with E-state index in [9.17, 15) is 0 Å². The molecule has 0 spiro atoms. The van der Waals surface area contributed by atoms with Gasteiger partial charge in [0.15, 0.2) is 0 Å². The molecule has 0 radical (unpaired) electrons. The van der Waals surface area contributed by atoms with E-state index in [0.717, 1.165) is 66.8 Å². The van der Waals surface area contributed by atoms with Gasteiger partial charge in [-0.3, -0.25) is 0 Å². The zero-order chi connectivity index (χ0) is 17.0. The zero-order valence-electron chi connectivity index (χ0n) is 13.2. The van der Waals surface area contributed by atoms with Crippen LogP contribution in [-0.2, 0) is 9.37 Å². The van der Waals surface area contributed by atoms with Crippen LogP contribution in [0.5, 0.6) is 0 Å². The largest absolute Gasteiger partial charge is 0.244 e.